The zero-order valence-corrected chi connectivity index (χ0v) is 18.6. The second kappa shape index (κ2) is 8.77. The minimum absolute atomic E-state index is 0.0206. The quantitative estimate of drug-likeness (QED) is 0.602. The molecule has 0 saturated carbocycles. The summed E-state index contributed by atoms with van der Waals surface area (Å²) >= 11 is 0. The van der Waals surface area contributed by atoms with Crippen LogP contribution in [0.1, 0.15) is 29.6 Å². The van der Waals surface area contributed by atoms with Gasteiger partial charge in [-0.25, -0.2) is 14.4 Å². The van der Waals surface area contributed by atoms with E-state index in [0.29, 0.717) is 43.3 Å². The fourth-order valence-corrected chi connectivity index (χ4v) is 4.67. The molecule has 2 aromatic carbocycles. The molecule has 0 radical (unpaired) electrons. The number of amides is 2. The van der Waals surface area contributed by atoms with E-state index < -0.39 is 0 Å². The van der Waals surface area contributed by atoms with Gasteiger partial charge < -0.3 is 9.80 Å². The Morgan fingerprint density at radius 1 is 0.909 bits per heavy atom. The third-order valence-electron chi connectivity index (χ3n) is 6.44. The van der Waals surface area contributed by atoms with E-state index in [1.807, 2.05) is 36.2 Å². The van der Waals surface area contributed by atoms with E-state index in [0.717, 1.165) is 30.4 Å². The zero-order valence-electron chi connectivity index (χ0n) is 18.6. The summed E-state index contributed by atoms with van der Waals surface area (Å²) in [6, 6.07) is 13.2. The van der Waals surface area contributed by atoms with Gasteiger partial charge in [0.2, 0.25) is 5.91 Å². The highest BCUT2D eigenvalue weighted by Gasteiger charge is 2.35. The lowest BCUT2D eigenvalue weighted by Gasteiger charge is -2.34. The minimum Gasteiger partial charge on any atom is -0.357 e. The second-order valence-corrected chi connectivity index (χ2v) is 8.72. The first kappa shape index (κ1) is 21.3. The van der Waals surface area contributed by atoms with Gasteiger partial charge in [0, 0.05) is 38.8 Å². The lowest BCUT2D eigenvalue weighted by Crippen LogP contribution is -2.47. The first-order chi connectivity index (χ1) is 16.0. The molecule has 1 fully saturated rings. The van der Waals surface area contributed by atoms with Crippen LogP contribution in [0.2, 0.25) is 0 Å². The molecule has 3 heterocycles. The molecule has 8 heteroatoms. The molecule has 170 valence electrons. The molecule has 7 nitrogen and oxygen atoms in total. The lowest BCUT2D eigenvalue weighted by atomic mass is 9.95. The Kier molecular flexibility index (Phi) is 5.66. The highest BCUT2D eigenvalue weighted by molar-refractivity contribution is 5.99. The molecule has 1 saturated heterocycles. The van der Waals surface area contributed by atoms with Crippen molar-refractivity contribution in [1.29, 1.82) is 0 Å². The smallest absolute Gasteiger partial charge is 0.253 e. The van der Waals surface area contributed by atoms with Crippen LogP contribution in [0, 0.1) is 11.7 Å². The first-order valence-corrected chi connectivity index (χ1v) is 11.4. The van der Waals surface area contributed by atoms with E-state index in [-0.39, 0.29) is 23.5 Å². The molecule has 0 bridgehead atoms. The van der Waals surface area contributed by atoms with E-state index in [1.54, 1.807) is 9.80 Å². The Labute approximate surface area is 191 Å². The second-order valence-electron chi connectivity index (χ2n) is 8.72. The van der Waals surface area contributed by atoms with Crippen LogP contribution in [0.15, 0.2) is 48.5 Å². The molecule has 5 rings (SSSR count). The number of likely N-dealkylation sites (tertiary alicyclic amines) is 1. The molecule has 0 aliphatic carbocycles. The Balaban J connectivity index is 1.41. The predicted octanol–water partition coefficient (Wildman–Crippen LogP) is 3.49. The number of carbonyl (C=O) groups excluding carboxylic acids is 2. The van der Waals surface area contributed by atoms with Crippen molar-refractivity contribution in [3.05, 3.63) is 59.9 Å². The number of para-hydroxylation sites is 2. The number of halogens is 1. The molecular formula is C25H26FN5O2. The molecule has 3 aromatic rings. The molecule has 2 amide bonds. The summed E-state index contributed by atoms with van der Waals surface area (Å²) in [4.78, 5) is 41.8. The SMILES string of the molecule is CN1CCCN(C(=O)[C@@H]2CCCN(C(=O)c3ccc(F)cc3)C2)c2nc3ccccc3nc21. The van der Waals surface area contributed by atoms with Crippen molar-refractivity contribution < 1.29 is 14.0 Å². The Morgan fingerprint density at radius 2 is 1.61 bits per heavy atom. The lowest BCUT2D eigenvalue weighted by molar-refractivity contribution is -0.123. The van der Waals surface area contributed by atoms with Gasteiger partial charge in [-0.2, -0.15) is 0 Å². The van der Waals surface area contributed by atoms with Crippen molar-refractivity contribution in [3.8, 4) is 0 Å². The van der Waals surface area contributed by atoms with Crippen LogP contribution < -0.4 is 9.80 Å². The summed E-state index contributed by atoms with van der Waals surface area (Å²) in [5, 5.41) is 0. The van der Waals surface area contributed by atoms with Crippen molar-refractivity contribution in [1.82, 2.24) is 14.9 Å². The average Bonchev–Trinajstić information content (AvgIpc) is 3.01. The summed E-state index contributed by atoms with van der Waals surface area (Å²) in [6.45, 7) is 2.27. The molecular weight excluding hydrogens is 421 g/mol. The van der Waals surface area contributed by atoms with Crippen LogP contribution in [0.3, 0.4) is 0 Å². The van der Waals surface area contributed by atoms with Crippen LogP contribution in [0.5, 0.6) is 0 Å². The van der Waals surface area contributed by atoms with Gasteiger partial charge in [0.05, 0.1) is 17.0 Å². The molecule has 0 spiro atoms. The largest absolute Gasteiger partial charge is 0.357 e. The molecule has 0 N–H and O–H groups in total. The van der Waals surface area contributed by atoms with Crippen molar-refractivity contribution in [2.45, 2.75) is 19.3 Å². The van der Waals surface area contributed by atoms with E-state index >= 15 is 0 Å². The van der Waals surface area contributed by atoms with E-state index in [9.17, 15) is 14.0 Å². The third-order valence-corrected chi connectivity index (χ3v) is 6.44. The number of rotatable bonds is 2. The molecule has 0 unspecified atom stereocenters. The summed E-state index contributed by atoms with van der Waals surface area (Å²) in [7, 11) is 1.97. The fraction of sp³-hybridized carbons (Fsp3) is 0.360. The normalized spacial score (nSPS) is 18.7. The summed E-state index contributed by atoms with van der Waals surface area (Å²) in [5.41, 5.74) is 1.98. The number of fused-ring (bicyclic) bond motifs is 2. The summed E-state index contributed by atoms with van der Waals surface area (Å²) in [6.07, 6.45) is 2.27. The Hall–Kier alpha value is -3.55. The van der Waals surface area contributed by atoms with E-state index in [1.165, 1.54) is 24.3 Å². The van der Waals surface area contributed by atoms with Gasteiger partial charge in [0.15, 0.2) is 11.6 Å². The first-order valence-electron chi connectivity index (χ1n) is 11.4. The van der Waals surface area contributed by atoms with Gasteiger partial charge in [-0.15, -0.1) is 0 Å². The number of hydrogen-bond donors (Lipinski definition) is 0. The molecule has 2 aliphatic rings. The third kappa shape index (κ3) is 4.13. The van der Waals surface area contributed by atoms with Gasteiger partial charge in [-0.05, 0) is 55.7 Å². The van der Waals surface area contributed by atoms with Crippen LogP contribution in [0.25, 0.3) is 11.0 Å². The van der Waals surface area contributed by atoms with E-state index in [2.05, 4.69) is 0 Å². The number of benzene rings is 2. The predicted molar refractivity (Wildman–Crippen MR) is 125 cm³/mol. The van der Waals surface area contributed by atoms with Gasteiger partial charge in [0.1, 0.15) is 5.82 Å². The molecule has 1 atom stereocenters. The van der Waals surface area contributed by atoms with Gasteiger partial charge in [0.25, 0.3) is 5.91 Å². The van der Waals surface area contributed by atoms with Gasteiger partial charge in [-0.1, -0.05) is 12.1 Å². The van der Waals surface area contributed by atoms with Crippen molar-refractivity contribution in [2.75, 3.05) is 43.0 Å². The number of piperidine rings is 1. The highest BCUT2D eigenvalue weighted by atomic mass is 19.1. The van der Waals surface area contributed by atoms with Crippen molar-refractivity contribution in [3.63, 3.8) is 0 Å². The van der Waals surface area contributed by atoms with Crippen LogP contribution in [0.4, 0.5) is 16.0 Å². The van der Waals surface area contributed by atoms with Gasteiger partial charge >= 0.3 is 0 Å². The number of carbonyl (C=O) groups is 2. The molecule has 1 aromatic heterocycles. The average molecular weight is 448 g/mol. The molecule has 2 aliphatic heterocycles. The Morgan fingerprint density at radius 3 is 2.33 bits per heavy atom. The van der Waals surface area contributed by atoms with E-state index in [4.69, 9.17) is 9.97 Å². The number of nitrogens with zero attached hydrogens (tertiary/aromatic N) is 5. The van der Waals surface area contributed by atoms with Crippen LogP contribution >= 0.6 is 0 Å². The molecule has 33 heavy (non-hydrogen) atoms. The maximum Gasteiger partial charge on any atom is 0.253 e. The van der Waals surface area contributed by atoms with Gasteiger partial charge in [-0.3, -0.25) is 14.5 Å². The van der Waals surface area contributed by atoms with Crippen molar-refractivity contribution >= 4 is 34.5 Å². The number of anilines is 2. The maximum atomic E-state index is 13.7. The topological polar surface area (TPSA) is 69.6 Å². The fourth-order valence-electron chi connectivity index (χ4n) is 4.67. The van der Waals surface area contributed by atoms with Crippen LogP contribution in [-0.4, -0.2) is 59.9 Å². The summed E-state index contributed by atoms with van der Waals surface area (Å²) < 4.78 is 13.3. The summed E-state index contributed by atoms with van der Waals surface area (Å²) in [5.74, 6) is 0.404. The zero-order chi connectivity index (χ0) is 22.9. The number of hydrogen-bond acceptors (Lipinski definition) is 5. The maximum absolute atomic E-state index is 13.7. The Bertz CT molecular complexity index is 1200. The highest BCUT2D eigenvalue weighted by Crippen LogP contribution is 2.32. The number of aromatic nitrogens is 2. The van der Waals surface area contributed by atoms with Crippen LogP contribution in [-0.2, 0) is 4.79 Å². The standard InChI is InChI=1S/C25H26FN5O2/c1-29-13-5-15-31(23-22(29)27-20-7-2-3-8-21(20)28-23)25(33)18-6-4-14-30(16-18)24(32)17-9-11-19(26)12-10-17/h2-3,7-12,18H,4-6,13-16H2,1H3/t18-/m1/s1. The monoisotopic (exact) mass is 447 g/mol. The van der Waals surface area contributed by atoms with Crippen molar-refractivity contribution in [2.24, 2.45) is 5.92 Å². The minimum atomic E-state index is -0.378.